The molecule has 6 heteroatoms. The highest BCUT2D eigenvalue weighted by Gasteiger charge is 2.21. The summed E-state index contributed by atoms with van der Waals surface area (Å²) in [5.41, 5.74) is 6.89. The first-order valence-corrected chi connectivity index (χ1v) is 9.88. The highest BCUT2D eigenvalue weighted by molar-refractivity contribution is 5.96. The lowest BCUT2D eigenvalue weighted by Gasteiger charge is -2.09. The first-order chi connectivity index (χ1) is 14.2. The van der Waals surface area contributed by atoms with Gasteiger partial charge in [0.2, 0.25) is 0 Å². The molecule has 1 heterocycles. The zero-order valence-electron chi connectivity index (χ0n) is 18.1. The third-order valence-corrected chi connectivity index (χ3v) is 5.16. The molecule has 156 valence electrons. The van der Waals surface area contributed by atoms with E-state index in [1.54, 1.807) is 11.6 Å². The number of hydrogen-bond acceptors (Lipinski definition) is 4. The zero-order valence-corrected chi connectivity index (χ0v) is 18.1. The number of hydrogen-bond donors (Lipinski definition) is 1. The summed E-state index contributed by atoms with van der Waals surface area (Å²) in [5, 5.41) is 7.23. The zero-order chi connectivity index (χ0) is 21.8. The second kappa shape index (κ2) is 8.95. The minimum atomic E-state index is -0.546. The Morgan fingerprint density at radius 2 is 1.67 bits per heavy atom. The standard InChI is InChI=1S/C24H27N3O3/c1-15-6-9-20(10-7-15)13-27-19(5)23(18(4)26-27)24(29)30-14-22(28)25-21-11-8-16(2)17(3)12-21/h6-12H,13-14H2,1-5H3,(H,25,28). The van der Waals surface area contributed by atoms with Crippen LogP contribution >= 0.6 is 0 Å². The predicted molar refractivity (Wildman–Crippen MR) is 117 cm³/mol. The summed E-state index contributed by atoms with van der Waals surface area (Å²) in [6, 6.07) is 13.8. The number of aromatic nitrogens is 2. The van der Waals surface area contributed by atoms with E-state index >= 15 is 0 Å². The van der Waals surface area contributed by atoms with Gasteiger partial charge in [-0.3, -0.25) is 9.48 Å². The maximum absolute atomic E-state index is 12.6. The Labute approximate surface area is 176 Å². The molecule has 0 saturated heterocycles. The van der Waals surface area contributed by atoms with Gasteiger partial charge in [-0.1, -0.05) is 35.9 Å². The summed E-state index contributed by atoms with van der Waals surface area (Å²) in [6.07, 6.45) is 0. The van der Waals surface area contributed by atoms with Crippen LogP contribution in [0.4, 0.5) is 5.69 Å². The van der Waals surface area contributed by atoms with Crippen LogP contribution in [0.15, 0.2) is 42.5 Å². The van der Waals surface area contributed by atoms with Gasteiger partial charge in [-0.05, 0) is 63.4 Å². The molecule has 0 aliphatic rings. The van der Waals surface area contributed by atoms with Crippen molar-refractivity contribution in [3.8, 4) is 0 Å². The number of nitrogens with zero attached hydrogens (tertiary/aromatic N) is 2. The first kappa shape index (κ1) is 21.3. The average molecular weight is 405 g/mol. The smallest absolute Gasteiger partial charge is 0.342 e. The monoisotopic (exact) mass is 405 g/mol. The summed E-state index contributed by atoms with van der Waals surface area (Å²) in [7, 11) is 0. The Morgan fingerprint density at radius 1 is 0.967 bits per heavy atom. The SMILES string of the molecule is Cc1ccc(Cn2nc(C)c(C(=O)OCC(=O)Nc3ccc(C)c(C)c3)c2C)cc1. The third kappa shape index (κ3) is 4.95. The van der Waals surface area contributed by atoms with Crippen LogP contribution in [0, 0.1) is 34.6 Å². The van der Waals surface area contributed by atoms with E-state index in [-0.39, 0.29) is 12.5 Å². The number of amides is 1. The van der Waals surface area contributed by atoms with E-state index < -0.39 is 5.97 Å². The highest BCUT2D eigenvalue weighted by Crippen LogP contribution is 2.17. The molecular weight excluding hydrogens is 378 g/mol. The second-order valence-corrected chi connectivity index (χ2v) is 7.61. The fourth-order valence-corrected chi connectivity index (χ4v) is 3.23. The van der Waals surface area contributed by atoms with E-state index in [0.717, 1.165) is 16.7 Å². The maximum atomic E-state index is 12.6. The number of nitrogens with one attached hydrogen (secondary N) is 1. The molecule has 3 rings (SSSR count). The summed E-state index contributed by atoms with van der Waals surface area (Å²) in [4.78, 5) is 24.8. The van der Waals surface area contributed by atoms with E-state index in [1.807, 2.05) is 70.2 Å². The van der Waals surface area contributed by atoms with Gasteiger partial charge in [0.1, 0.15) is 5.56 Å². The number of ether oxygens (including phenoxy) is 1. The fraction of sp³-hybridized carbons (Fsp3) is 0.292. The molecule has 1 N–H and O–H groups in total. The molecule has 1 amide bonds. The molecule has 0 spiro atoms. The van der Waals surface area contributed by atoms with Crippen LogP contribution in [0.2, 0.25) is 0 Å². The van der Waals surface area contributed by atoms with Gasteiger partial charge in [0, 0.05) is 5.69 Å². The van der Waals surface area contributed by atoms with Gasteiger partial charge in [0.05, 0.1) is 17.9 Å². The van der Waals surface area contributed by atoms with Crippen LogP contribution in [0.1, 0.15) is 44.0 Å². The molecule has 1 aromatic heterocycles. The number of benzene rings is 2. The van der Waals surface area contributed by atoms with Crippen LogP contribution in [0.25, 0.3) is 0 Å². The third-order valence-electron chi connectivity index (χ3n) is 5.16. The fourth-order valence-electron chi connectivity index (χ4n) is 3.23. The van der Waals surface area contributed by atoms with E-state index in [9.17, 15) is 9.59 Å². The van der Waals surface area contributed by atoms with Gasteiger partial charge in [-0.25, -0.2) is 4.79 Å². The second-order valence-electron chi connectivity index (χ2n) is 7.61. The van der Waals surface area contributed by atoms with Crippen molar-refractivity contribution < 1.29 is 14.3 Å². The van der Waals surface area contributed by atoms with Crippen LogP contribution in [0.5, 0.6) is 0 Å². The van der Waals surface area contributed by atoms with Crippen LogP contribution in [-0.4, -0.2) is 28.3 Å². The molecule has 6 nitrogen and oxygen atoms in total. The number of rotatable bonds is 6. The largest absolute Gasteiger partial charge is 0.452 e. The highest BCUT2D eigenvalue weighted by atomic mass is 16.5. The molecule has 0 atom stereocenters. The molecule has 0 saturated carbocycles. The van der Waals surface area contributed by atoms with Crippen molar-refractivity contribution in [1.29, 1.82) is 0 Å². The van der Waals surface area contributed by atoms with E-state index in [2.05, 4.69) is 10.4 Å². The minimum Gasteiger partial charge on any atom is -0.452 e. The minimum absolute atomic E-state index is 0.353. The lowest BCUT2D eigenvalue weighted by molar-refractivity contribution is -0.119. The van der Waals surface area contributed by atoms with Gasteiger partial charge in [0.15, 0.2) is 6.61 Å². The van der Waals surface area contributed by atoms with E-state index in [0.29, 0.717) is 29.2 Å². The van der Waals surface area contributed by atoms with Gasteiger partial charge in [-0.15, -0.1) is 0 Å². The maximum Gasteiger partial charge on any atom is 0.342 e. The number of anilines is 1. The predicted octanol–water partition coefficient (Wildman–Crippen LogP) is 4.27. The molecule has 2 aromatic carbocycles. The Bertz CT molecular complexity index is 1080. The van der Waals surface area contributed by atoms with Crippen LogP contribution in [-0.2, 0) is 16.1 Å². The molecule has 0 aliphatic heterocycles. The van der Waals surface area contributed by atoms with Crippen molar-refractivity contribution in [1.82, 2.24) is 9.78 Å². The van der Waals surface area contributed by atoms with Crippen LogP contribution in [0.3, 0.4) is 0 Å². The van der Waals surface area contributed by atoms with Crippen molar-refractivity contribution in [3.05, 3.63) is 81.7 Å². The quantitative estimate of drug-likeness (QED) is 0.622. The van der Waals surface area contributed by atoms with Crippen molar-refractivity contribution >= 4 is 17.6 Å². The van der Waals surface area contributed by atoms with E-state index in [4.69, 9.17) is 4.74 Å². The lowest BCUT2D eigenvalue weighted by Crippen LogP contribution is -2.21. The Kier molecular flexibility index (Phi) is 6.35. The Morgan fingerprint density at radius 3 is 2.33 bits per heavy atom. The lowest BCUT2D eigenvalue weighted by atomic mass is 10.1. The topological polar surface area (TPSA) is 73.2 Å². The van der Waals surface area contributed by atoms with Crippen molar-refractivity contribution in [2.75, 3.05) is 11.9 Å². The van der Waals surface area contributed by atoms with Crippen molar-refractivity contribution in [3.63, 3.8) is 0 Å². The van der Waals surface area contributed by atoms with Gasteiger partial charge < -0.3 is 10.1 Å². The Balaban J connectivity index is 1.63. The molecule has 30 heavy (non-hydrogen) atoms. The number of aryl methyl sites for hydroxylation is 4. The molecule has 0 fully saturated rings. The molecule has 0 aliphatic carbocycles. The Hall–Kier alpha value is -3.41. The molecular formula is C24H27N3O3. The van der Waals surface area contributed by atoms with Gasteiger partial charge in [0.25, 0.3) is 5.91 Å². The molecule has 0 bridgehead atoms. The summed E-state index contributed by atoms with van der Waals surface area (Å²) >= 11 is 0. The summed E-state index contributed by atoms with van der Waals surface area (Å²) in [6.45, 7) is 9.83. The number of carbonyl (C=O) groups excluding carboxylic acids is 2. The number of carbonyl (C=O) groups is 2. The number of esters is 1. The van der Waals surface area contributed by atoms with Crippen LogP contribution < -0.4 is 5.32 Å². The molecule has 3 aromatic rings. The van der Waals surface area contributed by atoms with Gasteiger partial charge >= 0.3 is 5.97 Å². The first-order valence-electron chi connectivity index (χ1n) is 9.88. The normalized spacial score (nSPS) is 10.7. The summed E-state index contributed by atoms with van der Waals surface area (Å²) in [5.74, 6) is -0.927. The van der Waals surface area contributed by atoms with Crippen molar-refractivity contribution in [2.45, 2.75) is 41.2 Å². The summed E-state index contributed by atoms with van der Waals surface area (Å²) < 4.78 is 7.04. The average Bonchev–Trinajstić information content (AvgIpc) is 2.98. The van der Waals surface area contributed by atoms with E-state index in [1.165, 1.54) is 5.56 Å². The molecule has 0 unspecified atom stereocenters. The molecule has 0 radical (unpaired) electrons. The van der Waals surface area contributed by atoms with Gasteiger partial charge in [-0.2, -0.15) is 5.10 Å². The van der Waals surface area contributed by atoms with Crippen molar-refractivity contribution in [2.24, 2.45) is 0 Å².